The third-order valence-electron chi connectivity index (χ3n) is 2.86. The summed E-state index contributed by atoms with van der Waals surface area (Å²) in [6.45, 7) is 0. The van der Waals surface area contributed by atoms with Gasteiger partial charge in [-0.2, -0.15) is 0 Å². The number of carbonyl (C=O) groups is 1. The highest BCUT2D eigenvalue weighted by atomic mass is 79.9. The second-order valence-electron chi connectivity index (χ2n) is 4.37. The van der Waals surface area contributed by atoms with Crippen LogP contribution in [0.1, 0.15) is 15.9 Å². The summed E-state index contributed by atoms with van der Waals surface area (Å²) < 4.78 is 2.19. The molecule has 2 aromatic rings. The van der Waals surface area contributed by atoms with Crippen LogP contribution in [0.5, 0.6) is 0 Å². The zero-order valence-electron chi connectivity index (χ0n) is 11.1. The van der Waals surface area contributed by atoms with Crippen LogP contribution in [0, 0.1) is 0 Å². The molecule has 0 aliphatic heterocycles. The van der Waals surface area contributed by atoms with Crippen molar-refractivity contribution in [3.63, 3.8) is 0 Å². The van der Waals surface area contributed by atoms with E-state index in [4.69, 9.17) is 18.0 Å². The van der Waals surface area contributed by atoms with E-state index < -0.39 is 5.91 Å². The van der Waals surface area contributed by atoms with E-state index >= 15 is 0 Å². The lowest BCUT2D eigenvalue weighted by molar-refractivity contribution is 0.102. The minimum Gasteiger partial charge on any atom is -0.389 e. The van der Waals surface area contributed by atoms with Gasteiger partial charge in [0.05, 0.1) is 5.69 Å². The molecule has 21 heavy (non-hydrogen) atoms. The van der Waals surface area contributed by atoms with Crippen LogP contribution in [-0.4, -0.2) is 15.5 Å². The maximum atomic E-state index is 12.2. The van der Waals surface area contributed by atoms with Crippen molar-refractivity contribution in [3.05, 3.63) is 62.5 Å². The van der Waals surface area contributed by atoms with E-state index in [1.807, 2.05) is 0 Å². The van der Waals surface area contributed by atoms with Gasteiger partial charge in [0.15, 0.2) is 0 Å². The number of hydrogen-bond donors (Lipinski definition) is 2. The summed E-state index contributed by atoms with van der Waals surface area (Å²) in [5.74, 6) is -0.396. The van der Waals surface area contributed by atoms with Crippen molar-refractivity contribution in [2.45, 2.75) is 0 Å². The van der Waals surface area contributed by atoms with E-state index in [9.17, 15) is 9.59 Å². The van der Waals surface area contributed by atoms with E-state index in [1.54, 1.807) is 31.3 Å². The number of nitrogens with zero attached hydrogens (tertiary/aromatic N) is 1. The summed E-state index contributed by atoms with van der Waals surface area (Å²) in [5.41, 5.74) is 6.71. The monoisotopic (exact) mass is 365 g/mol. The molecule has 1 aromatic heterocycles. The fourth-order valence-corrected chi connectivity index (χ4v) is 2.24. The fraction of sp³-hybridized carbons (Fsp3) is 0.0714. The summed E-state index contributed by atoms with van der Waals surface area (Å²) in [6.07, 6.45) is 1.54. The van der Waals surface area contributed by atoms with Crippen molar-refractivity contribution in [1.29, 1.82) is 0 Å². The SMILES string of the molecule is Cn1ccc(C(=O)Nc2ccc(Br)cc2C(N)=S)cc1=O. The second-order valence-corrected chi connectivity index (χ2v) is 5.73. The average molecular weight is 366 g/mol. The summed E-state index contributed by atoms with van der Waals surface area (Å²) >= 11 is 8.29. The summed E-state index contributed by atoms with van der Waals surface area (Å²) in [7, 11) is 1.61. The summed E-state index contributed by atoms with van der Waals surface area (Å²) in [6, 6.07) is 8.02. The van der Waals surface area contributed by atoms with Crippen molar-refractivity contribution in [3.8, 4) is 0 Å². The van der Waals surface area contributed by atoms with Gasteiger partial charge in [-0.05, 0) is 24.3 Å². The molecule has 2 rings (SSSR count). The lowest BCUT2D eigenvalue weighted by Gasteiger charge is -2.11. The second kappa shape index (κ2) is 6.19. The van der Waals surface area contributed by atoms with E-state index in [2.05, 4.69) is 21.2 Å². The lowest BCUT2D eigenvalue weighted by atomic mass is 10.1. The van der Waals surface area contributed by atoms with E-state index in [-0.39, 0.29) is 16.1 Å². The van der Waals surface area contributed by atoms with Gasteiger partial charge in [0.2, 0.25) is 0 Å². The first-order chi connectivity index (χ1) is 9.88. The van der Waals surface area contributed by atoms with Crippen LogP contribution in [0.2, 0.25) is 0 Å². The smallest absolute Gasteiger partial charge is 0.255 e. The maximum Gasteiger partial charge on any atom is 0.255 e. The number of pyridine rings is 1. The fourth-order valence-electron chi connectivity index (χ4n) is 1.71. The number of rotatable bonds is 3. The van der Waals surface area contributed by atoms with Crippen LogP contribution >= 0.6 is 28.1 Å². The van der Waals surface area contributed by atoms with Gasteiger partial charge in [0, 0.05) is 34.9 Å². The number of amides is 1. The molecular weight excluding hydrogens is 354 g/mol. The highest BCUT2D eigenvalue weighted by Crippen LogP contribution is 2.21. The Kier molecular flexibility index (Phi) is 4.54. The van der Waals surface area contributed by atoms with Gasteiger partial charge in [-0.1, -0.05) is 28.1 Å². The van der Waals surface area contributed by atoms with Crippen molar-refractivity contribution < 1.29 is 4.79 Å². The van der Waals surface area contributed by atoms with Crippen LogP contribution in [0.4, 0.5) is 5.69 Å². The highest BCUT2D eigenvalue weighted by Gasteiger charge is 2.12. The molecule has 0 bridgehead atoms. The molecule has 0 saturated heterocycles. The van der Waals surface area contributed by atoms with Gasteiger partial charge in [-0.15, -0.1) is 0 Å². The number of carbonyl (C=O) groups excluding carboxylic acids is 1. The molecule has 0 unspecified atom stereocenters. The Labute approximate surface area is 134 Å². The Morgan fingerprint density at radius 3 is 2.67 bits per heavy atom. The summed E-state index contributed by atoms with van der Waals surface area (Å²) in [4.78, 5) is 23.9. The topological polar surface area (TPSA) is 77.1 Å². The number of thiocarbonyl (C=S) groups is 1. The first-order valence-corrected chi connectivity index (χ1v) is 7.16. The van der Waals surface area contributed by atoms with Crippen LogP contribution in [0.25, 0.3) is 0 Å². The van der Waals surface area contributed by atoms with Crippen LogP contribution in [0.15, 0.2) is 45.8 Å². The third-order valence-corrected chi connectivity index (χ3v) is 3.57. The Hall–Kier alpha value is -1.99. The van der Waals surface area contributed by atoms with Gasteiger partial charge in [-0.3, -0.25) is 9.59 Å². The minimum atomic E-state index is -0.396. The molecule has 0 spiro atoms. The Bertz CT molecular complexity index is 786. The molecule has 0 radical (unpaired) electrons. The molecule has 1 amide bonds. The largest absolute Gasteiger partial charge is 0.389 e. The average Bonchev–Trinajstić information content (AvgIpc) is 2.43. The van der Waals surface area contributed by atoms with Gasteiger partial charge >= 0.3 is 0 Å². The van der Waals surface area contributed by atoms with Gasteiger partial charge < -0.3 is 15.6 Å². The molecule has 7 heteroatoms. The molecule has 1 aromatic carbocycles. The molecule has 0 atom stereocenters. The van der Waals surface area contributed by atoms with Gasteiger partial charge in [0.25, 0.3) is 11.5 Å². The molecular formula is C14H12BrN3O2S. The Balaban J connectivity index is 2.33. The zero-order chi connectivity index (χ0) is 15.6. The van der Waals surface area contributed by atoms with Gasteiger partial charge in [-0.25, -0.2) is 0 Å². The summed E-state index contributed by atoms with van der Waals surface area (Å²) in [5, 5.41) is 2.71. The van der Waals surface area contributed by atoms with Crippen molar-refractivity contribution in [1.82, 2.24) is 4.57 Å². The van der Waals surface area contributed by atoms with E-state index in [0.717, 1.165) is 4.47 Å². The number of aryl methyl sites for hydroxylation is 1. The molecule has 0 fully saturated rings. The molecule has 0 aliphatic rings. The Morgan fingerprint density at radius 1 is 1.33 bits per heavy atom. The number of anilines is 1. The molecule has 0 aliphatic carbocycles. The quantitative estimate of drug-likeness (QED) is 0.815. The van der Waals surface area contributed by atoms with Crippen LogP contribution in [-0.2, 0) is 7.05 Å². The maximum absolute atomic E-state index is 12.2. The normalized spacial score (nSPS) is 10.2. The van der Waals surface area contributed by atoms with Crippen LogP contribution < -0.4 is 16.6 Å². The standard InChI is InChI=1S/C14H12BrN3O2S/c1-18-5-4-8(6-12(18)19)14(20)17-11-3-2-9(15)7-10(11)13(16)21/h2-7H,1H3,(H2,16,21)(H,17,20). The van der Waals surface area contributed by atoms with Crippen molar-refractivity contribution >= 4 is 44.7 Å². The first-order valence-electron chi connectivity index (χ1n) is 5.96. The number of nitrogens with two attached hydrogens (primary N) is 1. The van der Waals surface area contributed by atoms with E-state index in [1.165, 1.54) is 16.8 Å². The molecule has 1 heterocycles. The minimum absolute atomic E-state index is 0.176. The lowest BCUT2D eigenvalue weighted by Crippen LogP contribution is -2.21. The molecule has 108 valence electrons. The number of aromatic nitrogens is 1. The van der Waals surface area contributed by atoms with Gasteiger partial charge in [0.1, 0.15) is 4.99 Å². The zero-order valence-corrected chi connectivity index (χ0v) is 13.5. The first kappa shape index (κ1) is 15.4. The third kappa shape index (κ3) is 3.56. The van der Waals surface area contributed by atoms with E-state index in [0.29, 0.717) is 11.3 Å². The number of benzene rings is 1. The van der Waals surface area contributed by atoms with Crippen molar-refractivity contribution in [2.24, 2.45) is 12.8 Å². The Morgan fingerprint density at radius 2 is 2.05 bits per heavy atom. The van der Waals surface area contributed by atoms with Crippen molar-refractivity contribution in [2.75, 3.05) is 5.32 Å². The molecule has 0 saturated carbocycles. The highest BCUT2D eigenvalue weighted by molar-refractivity contribution is 9.10. The number of halogens is 1. The predicted molar refractivity (Wildman–Crippen MR) is 89.7 cm³/mol. The molecule has 5 nitrogen and oxygen atoms in total. The number of nitrogens with one attached hydrogen (secondary N) is 1. The van der Waals surface area contributed by atoms with Crippen LogP contribution in [0.3, 0.4) is 0 Å². The number of hydrogen-bond acceptors (Lipinski definition) is 3. The predicted octanol–water partition coefficient (Wildman–Crippen LogP) is 2.03. The molecule has 3 N–H and O–H groups in total.